The van der Waals surface area contributed by atoms with Crippen LogP contribution in [0.1, 0.15) is 29.2 Å². The summed E-state index contributed by atoms with van der Waals surface area (Å²) in [4.78, 5) is 11.2. The molecule has 2 aromatic rings. The summed E-state index contributed by atoms with van der Waals surface area (Å²) in [5.74, 6) is 1.45. The number of aromatic nitrogens is 1. The highest BCUT2D eigenvalue weighted by molar-refractivity contribution is 7.11. The predicted molar refractivity (Wildman–Crippen MR) is 101 cm³/mol. The van der Waals surface area contributed by atoms with Crippen molar-refractivity contribution in [3.05, 3.63) is 45.8 Å². The number of nitrogens with one attached hydrogen (secondary N) is 2. The van der Waals surface area contributed by atoms with E-state index in [1.54, 1.807) is 13.2 Å². The number of thiophene rings is 1. The molecule has 0 aliphatic rings. The van der Waals surface area contributed by atoms with Crippen LogP contribution in [-0.4, -0.2) is 30.6 Å². The molecule has 0 spiro atoms. The van der Waals surface area contributed by atoms with Gasteiger partial charge in [0.1, 0.15) is 0 Å². The van der Waals surface area contributed by atoms with Gasteiger partial charge in [-0.15, -0.1) is 11.3 Å². The molecule has 0 aromatic carbocycles. The third-order valence-electron chi connectivity index (χ3n) is 3.46. The average molecular weight is 347 g/mol. The number of rotatable bonds is 7. The van der Waals surface area contributed by atoms with E-state index in [0.717, 1.165) is 17.9 Å². The molecule has 0 bridgehead atoms. The summed E-state index contributed by atoms with van der Waals surface area (Å²) in [6.45, 7) is 7.55. The normalized spacial score (nSPS) is 12.8. The van der Waals surface area contributed by atoms with Crippen LogP contribution in [-0.2, 0) is 13.0 Å². The highest BCUT2D eigenvalue weighted by Crippen LogP contribution is 2.16. The Labute approximate surface area is 148 Å². The first-order valence-electron chi connectivity index (χ1n) is 8.21. The molecule has 0 saturated carbocycles. The fourth-order valence-electron chi connectivity index (χ4n) is 2.35. The number of pyridine rings is 1. The number of guanidine groups is 1. The van der Waals surface area contributed by atoms with Gasteiger partial charge >= 0.3 is 0 Å². The number of aryl methyl sites for hydroxylation is 1. The van der Waals surface area contributed by atoms with Crippen molar-refractivity contribution in [1.29, 1.82) is 0 Å². The summed E-state index contributed by atoms with van der Waals surface area (Å²) >= 11 is 1.85. The molecule has 2 aromatic heterocycles. The maximum atomic E-state index is 5.43. The predicted octanol–water partition coefficient (Wildman–Crippen LogP) is 3.15. The van der Waals surface area contributed by atoms with Gasteiger partial charge in [0, 0.05) is 48.1 Å². The molecule has 2 heterocycles. The van der Waals surface area contributed by atoms with Crippen LogP contribution in [0.2, 0.25) is 0 Å². The fraction of sp³-hybridized carbons (Fsp3) is 0.444. The van der Waals surface area contributed by atoms with Crippen molar-refractivity contribution in [3.8, 4) is 5.88 Å². The molecule has 0 radical (unpaired) electrons. The second kappa shape index (κ2) is 9.27. The van der Waals surface area contributed by atoms with E-state index in [9.17, 15) is 0 Å². The minimum absolute atomic E-state index is 0.311. The van der Waals surface area contributed by atoms with E-state index in [0.29, 0.717) is 25.1 Å². The number of hydrogen-bond donors (Lipinski definition) is 2. The van der Waals surface area contributed by atoms with Gasteiger partial charge < -0.3 is 15.4 Å². The Balaban J connectivity index is 1.84. The fourth-order valence-corrected chi connectivity index (χ4v) is 3.37. The second-order valence-electron chi connectivity index (χ2n) is 5.62. The molecule has 0 fully saturated rings. The quantitative estimate of drug-likeness (QED) is 0.597. The first kappa shape index (κ1) is 18.3. The summed E-state index contributed by atoms with van der Waals surface area (Å²) in [5.41, 5.74) is 1.11. The van der Waals surface area contributed by atoms with Crippen LogP contribution < -0.4 is 15.4 Å². The zero-order chi connectivity index (χ0) is 17.4. The van der Waals surface area contributed by atoms with Crippen LogP contribution in [0.3, 0.4) is 0 Å². The lowest BCUT2D eigenvalue weighted by Crippen LogP contribution is -2.42. The van der Waals surface area contributed by atoms with Gasteiger partial charge in [0.15, 0.2) is 5.96 Å². The van der Waals surface area contributed by atoms with Gasteiger partial charge in [0.25, 0.3) is 0 Å². The van der Waals surface area contributed by atoms with Gasteiger partial charge in [-0.3, -0.25) is 4.99 Å². The lowest BCUT2D eigenvalue weighted by Gasteiger charge is -2.17. The minimum Gasteiger partial charge on any atom is -0.478 e. The van der Waals surface area contributed by atoms with Crippen molar-refractivity contribution in [1.82, 2.24) is 15.6 Å². The molecule has 0 aliphatic heterocycles. The minimum atomic E-state index is 0.311. The number of nitrogens with zero attached hydrogens (tertiary/aromatic N) is 2. The highest BCUT2D eigenvalue weighted by atomic mass is 32.1. The zero-order valence-corrected chi connectivity index (χ0v) is 15.6. The number of ether oxygens (including phenoxy) is 1. The molecule has 2 rings (SSSR count). The van der Waals surface area contributed by atoms with E-state index < -0.39 is 0 Å². The van der Waals surface area contributed by atoms with Crippen LogP contribution in [0.25, 0.3) is 0 Å². The maximum Gasteiger partial charge on any atom is 0.213 e. The molecule has 1 atom stereocenters. The zero-order valence-electron chi connectivity index (χ0n) is 14.8. The molecule has 2 N–H and O–H groups in total. The van der Waals surface area contributed by atoms with Crippen molar-refractivity contribution in [3.63, 3.8) is 0 Å². The molecule has 1 unspecified atom stereocenters. The summed E-state index contributed by atoms with van der Waals surface area (Å²) in [7, 11) is 1.79. The number of aliphatic imine (C=N–C) groups is 1. The highest BCUT2D eigenvalue weighted by Gasteiger charge is 2.08. The molecule has 0 saturated heterocycles. The topological polar surface area (TPSA) is 58.5 Å². The Kier molecular flexibility index (Phi) is 7.06. The molecule has 130 valence electrons. The Hall–Kier alpha value is -2.08. The lowest BCUT2D eigenvalue weighted by molar-refractivity contribution is 0.326. The largest absolute Gasteiger partial charge is 0.478 e. The Morgan fingerprint density at radius 2 is 2.21 bits per heavy atom. The van der Waals surface area contributed by atoms with Gasteiger partial charge in [0.05, 0.1) is 6.61 Å². The Morgan fingerprint density at radius 3 is 2.88 bits per heavy atom. The molecular weight excluding hydrogens is 320 g/mol. The molecule has 6 heteroatoms. The third-order valence-corrected chi connectivity index (χ3v) is 4.48. The third kappa shape index (κ3) is 5.85. The summed E-state index contributed by atoms with van der Waals surface area (Å²) in [5, 5.41) is 6.77. The Bertz CT molecular complexity index is 669. The molecule has 0 aliphatic carbocycles. The SMILES string of the molecule is CCOc1cc(CNC(=NC)NC(C)Cc2ccc(C)s2)ccn1. The average Bonchev–Trinajstić information content (AvgIpc) is 2.97. The maximum absolute atomic E-state index is 5.43. The van der Waals surface area contributed by atoms with Gasteiger partial charge in [-0.25, -0.2) is 4.98 Å². The summed E-state index contributed by atoms with van der Waals surface area (Å²) in [6.07, 6.45) is 2.75. The summed E-state index contributed by atoms with van der Waals surface area (Å²) < 4.78 is 5.43. The molecule has 0 amide bonds. The van der Waals surface area contributed by atoms with E-state index in [1.807, 2.05) is 30.4 Å². The first-order valence-corrected chi connectivity index (χ1v) is 9.02. The number of hydrogen-bond acceptors (Lipinski definition) is 4. The van der Waals surface area contributed by atoms with Crippen LogP contribution in [0.15, 0.2) is 35.5 Å². The van der Waals surface area contributed by atoms with Crippen molar-refractivity contribution in [2.24, 2.45) is 4.99 Å². The first-order chi connectivity index (χ1) is 11.6. The standard InChI is InChI=1S/C18H26N4OS/c1-5-23-17-11-15(8-9-20-17)12-21-18(19-4)22-13(2)10-16-7-6-14(3)24-16/h6-9,11,13H,5,10,12H2,1-4H3,(H2,19,21,22). The van der Waals surface area contributed by atoms with E-state index in [-0.39, 0.29) is 0 Å². The van der Waals surface area contributed by atoms with Crippen molar-refractivity contribution >= 4 is 17.3 Å². The lowest BCUT2D eigenvalue weighted by atomic mass is 10.2. The van der Waals surface area contributed by atoms with Gasteiger partial charge in [-0.2, -0.15) is 0 Å². The van der Waals surface area contributed by atoms with Gasteiger partial charge in [0.2, 0.25) is 5.88 Å². The van der Waals surface area contributed by atoms with Crippen LogP contribution in [0, 0.1) is 6.92 Å². The van der Waals surface area contributed by atoms with Crippen LogP contribution >= 0.6 is 11.3 Å². The molecule has 5 nitrogen and oxygen atoms in total. The monoisotopic (exact) mass is 346 g/mol. The smallest absolute Gasteiger partial charge is 0.213 e. The van der Waals surface area contributed by atoms with E-state index in [1.165, 1.54) is 9.75 Å². The van der Waals surface area contributed by atoms with Crippen molar-refractivity contribution in [2.75, 3.05) is 13.7 Å². The van der Waals surface area contributed by atoms with Crippen LogP contribution in [0.5, 0.6) is 5.88 Å². The van der Waals surface area contributed by atoms with Crippen molar-refractivity contribution < 1.29 is 4.74 Å². The summed E-state index contributed by atoms with van der Waals surface area (Å²) in [6, 6.07) is 8.59. The Morgan fingerprint density at radius 1 is 1.38 bits per heavy atom. The van der Waals surface area contributed by atoms with E-state index in [2.05, 4.69) is 46.6 Å². The van der Waals surface area contributed by atoms with Gasteiger partial charge in [-0.1, -0.05) is 0 Å². The molecular formula is C18H26N4OS. The van der Waals surface area contributed by atoms with Gasteiger partial charge in [-0.05, 0) is 44.5 Å². The van der Waals surface area contributed by atoms with E-state index >= 15 is 0 Å². The van der Waals surface area contributed by atoms with E-state index in [4.69, 9.17) is 4.74 Å². The second-order valence-corrected chi connectivity index (χ2v) is 7.00. The van der Waals surface area contributed by atoms with Crippen LogP contribution in [0.4, 0.5) is 0 Å². The van der Waals surface area contributed by atoms with Crippen molar-refractivity contribution in [2.45, 2.75) is 39.8 Å². The molecule has 24 heavy (non-hydrogen) atoms.